The summed E-state index contributed by atoms with van der Waals surface area (Å²) in [5.74, 6) is 0.389. The Labute approximate surface area is 178 Å². The van der Waals surface area contributed by atoms with Crippen LogP contribution in [0.5, 0.6) is 0 Å². The molecule has 1 aromatic heterocycles. The fraction of sp³-hybridized carbons (Fsp3) is 0.0476. The SMILES string of the molecule is Cc1cccc(C(=O)Nc2ccc3oc(-c4cc(I)ccc4Br)nc3c2)c1. The van der Waals surface area contributed by atoms with Crippen molar-refractivity contribution in [1.29, 1.82) is 0 Å². The molecule has 134 valence electrons. The number of carbonyl (C=O) groups excluding carboxylic acids is 1. The van der Waals surface area contributed by atoms with E-state index in [1.807, 2.05) is 61.5 Å². The van der Waals surface area contributed by atoms with Crippen LogP contribution in [0.1, 0.15) is 15.9 Å². The number of nitrogens with one attached hydrogen (secondary N) is 1. The molecule has 1 amide bonds. The van der Waals surface area contributed by atoms with E-state index in [2.05, 4.69) is 48.8 Å². The summed E-state index contributed by atoms with van der Waals surface area (Å²) in [6, 6.07) is 18.9. The van der Waals surface area contributed by atoms with Gasteiger partial charge < -0.3 is 9.73 Å². The van der Waals surface area contributed by atoms with Gasteiger partial charge in [-0.2, -0.15) is 0 Å². The molecule has 4 aromatic rings. The molecule has 0 saturated heterocycles. The molecule has 0 aliphatic rings. The normalized spacial score (nSPS) is 10.9. The zero-order valence-corrected chi connectivity index (χ0v) is 18.0. The van der Waals surface area contributed by atoms with Crippen LogP contribution in [0.15, 0.2) is 69.6 Å². The maximum atomic E-state index is 12.4. The first kappa shape index (κ1) is 18.2. The van der Waals surface area contributed by atoms with E-state index >= 15 is 0 Å². The Balaban J connectivity index is 1.65. The second kappa shape index (κ2) is 7.44. The third-order valence-electron chi connectivity index (χ3n) is 4.08. The summed E-state index contributed by atoms with van der Waals surface area (Å²) in [5.41, 5.74) is 4.60. The molecule has 0 atom stereocenters. The highest BCUT2D eigenvalue weighted by molar-refractivity contribution is 14.1. The standard InChI is InChI=1S/C21H14BrIN2O2/c1-12-3-2-4-13(9-12)20(26)24-15-6-8-19-18(11-15)25-21(27-19)16-10-14(23)5-7-17(16)22/h2-11H,1H3,(H,24,26). The Kier molecular flexibility index (Phi) is 5.01. The van der Waals surface area contributed by atoms with Gasteiger partial charge in [0.1, 0.15) is 5.52 Å². The average Bonchev–Trinajstić information content (AvgIpc) is 3.07. The van der Waals surface area contributed by atoms with Crippen LogP contribution in [0.25, 0.3) is 22.6 Å². The van der Waals surface area contributed by atoms with E-state index in [4.69, 9.17) is 4.42 Å². The number of anilines is 1. The molecule has 0 saturated carbocycles. The van der Waals surface area contributed by atoms with E-state index < -0.39 is 0 Å². The molecule has 1 N–H and O–H groups in total. The molecule has 4 nitrogen and oxygen atoms in total. The molecule has 6 heteroatoms. The summed E-state index contributed by atoms with van der Waals surface area (Å²) < 4.78 is 7.91. The molecular formula is C21H14BrIN2O2. The van der Waals surface area contributed by atoms with Crippen LogP contribution in [0, 0.1) is 10.5 Å². The molecule has 0 bridgehead atoms. The number of fused-ring (bicyclic) bond motifs is 1. The van der Waals surface area contributed by atoms with Crippen molar-refractivity contribution >= 4 is 61.2 Å². The van der Waals surface area contributed by atoms with Gasteiger partial charge >= 0.3 is 0 Å². The number of nitrogens with zero attached hydrogens (tertiary/aromatic N) is 1. The minimum atomic E-state index is -0.151. The molecule has 4 rings (SSSR count). The number of hydrogen-bond donors (Lipinski definition) is 1. The van der Waals surface area contributed by atoms with Crippen LogP contribution in [0.4, 0.5) is 5.69 Å². The van der Waals surface area contributed by atoms with Crippen molar-refractivity contribution in [3.05, 3.63) is 79.8 Å². The van der Waals surface area contributed by atoms with Gasteiger partial charge in [-0.1, -0.05) is 17.7 Å². The Bertz CT molecular complexity index is 1170. The molecule has 3 aromatic carbocycles. The van der Waals surface area contributed by atoms with Gasteiger partial charge in [0.25, 0.3) is 5.91 Å². The van der Waals surface area contributed by atoms with Crippen LogP contribution in [-0.2, 0) is 0 Å². The topological polar surface area (TPSA) is 55.1 Å². The second-order valence-electron chi connectivity index (χ2n) is 6.15. The number of benzene rings is 3. The van der Waals surface area contributed by atoms with Crippen molar-refractivity contribution in [2.24, 2.45) is 0 Å². The van der Waals surface area contributed by atoms with E-state index in [1.165, 1.54) is 0 Å². The van der Waals surface area contributed by atoms with E-state index in [0.717, 1.165) is 19.2 Å². The maximum absolute atomic E-state index is 12.4. The number of oxazole rings is 1. The first-order chi connectivity index (χ1) is 13.0. The van der Waals surface area contributed by atoms with Gasteiger partial charge in [0, 0.05) is 19.3 Å². The van der Waals surface area contributed by atoms with Crippen molar-refractivity contribution in [2.45, 2.75) is 6.92 Å². The largest absolute Gasteiger partial charge is 0.436 e. The molecule has 27 heavy (non-hydrogen) atoms. The molecule has 0 fully saturated rings. The van der Waals surface area contributed by atoms with Gasteiger partial charge in [-0.15, -0.1) is 0 Å². The zero-order chi connectivity index (χ0) is 19.0. The summed E-state index contributed by atoms with van der Waals surface area (Å²) in [5, 5.41) is 2.92. The Morgan fingerprint density at radius 1 is 1.11 bits per heavy atom. The van der Waals surface area contributed by atoms with Crippen LogP contribution in [-0.4, -0.2) is 10.9 Å². The Hall–Kier alpha value is -2.19. The summed E-state index contributed by atoms with van der Waals surface area (Å²) in [6.45, 7) is 1.96. The number of rotatable bonds is 3. The van der Waals surface area contributed by atoms with Crippen molar-refractivity contribution in [2.75, 3.05) is 5.32 Å². The minimum Gasteiger partial charge on any atom is -0.436 e. The number of aromatic nitrogens is 1. The lowest BCUT2D eigenvalue weighted by Gasteiger charge is -2.05. The number of amides is 1. The quantitative estimate of drug-likeness (QED) is 0.310. The molecule has 0 unspecified atom stereocenters. The van der Waals surface area contributed by atoms with E-state index in [0.29, 0.717) is 28.2 Å². The van der Waals surface area contributed by atoms with E-state index in [9.17, 15) is 4.79 Å². The third kappa shape index (κ3) is 3.91. The third-order valence-corrected chi connectivity index (χ3v) is 5.45. The highest BCUT2D eigenvalue weighted by atomic mass is 127. The van der Waals surface area contributed by atoms with Gasteiger partial charge in [-0.3, -0.25) is 4.79 Å². The first-order valence-corrected chi connectivity index (χ1v) is 10.1. The molecule has 0 aliphatic carbocycles. The van der Waals surface area contributed by atoms with E-state index in [1.54, 1.807) is 6.07 Å². The number of aryl methyl sites for hydroxylation is 1. The number of hydrogen-bond acceptors (Lipinski definition) is 3. The van der Waals surface area contributed by atoms with Crippen molar-refractivity contribution < 1.29 is 9.21 Å². The number of halogens is 2. The Morgan fingerprint density at radius 2 is 1.96 bits per heavy atom. The monoisotopic (exact) mass is 532 g/mol. The van der Waals surface area contributed by atoms with Crippen LogP contribution < -0.4 is 5.32 Å². The molecule has 0 spiro atoms. The minimum absolute atomic E-state index is 0.151. The zero-order valence-electron chi connectivity index (χ0n) is 14.3. The predicted molar refractivity (Wildman–Crippen MR) is 119 cm³/mol. The van der Waals surface area contributed by atoms with E-state index in [-0.39, 0.29) is 5.91 Å². The molecular weight excluding hydrogens is 519 g/mol. The lowest BCUT2D eigenvalue weighted by atomic mass is 10.1. The summed E-state index contributed by atoms with van der Waals surface area (Å²) in [6.07, 6.45) is 0. The van der Waals surface area contributed by atoms with Gasteiger partial charge in [-0.25, -0.2) is 4.98 Å². The summed E-state index contributed by atoms with van der Waals surface area (Å²) >= 11 is 5.80. The average molecular weight is 533 g/mol. The van der Waals surface area contributed by atoms with Gasteiger partial charge in [0.2, 0.25) is 5.89 Å². The summed E-state index contributed by atoms with van der Waals surface area (Å²) in [7, 11) is 0. The lowest BCUT2D eigenvalue weighted by molar-refractivity contribution is 0.102. The Morgan fingerprint density at radius 3 is 2.78 bits per heavy atom. The van der Waals surface area contributed by atoms with Gasteiger partial charge in [0.05, 0.1) is 5.56 Å². The highest BCUT2D eigenvalue weighted by Crippen LogP contribution is 2.32. The molecule has 1 heterocycles. The fourth-order valence-corrected chi connectivity index (χ4v) is 3.68. The van der Waals surface area contributed by atoms with Crippen LogP contribution >= 0.6 is 38.5 Å². The highest BCUT2D eigenvalue weighted by Gasteiger charge is 2.13. The van der Waals surface area contributed by atoms with Crippen LogP contribution in [0.3, 0.4) is 0 Å². The van der Waals surface area contributed by atoms with Crippen molar-refractivity contribution in [1.82, 2.24) is 4.98 Å². The van der Waals surface area contributed by atoms with Gasteiger partial charge in [0.15, 0.2) is 5.58 Å². The number of carbonyl (C=O) groups is 1. The fourth-order valence-electron chi connectivity index (χ4n) is 2.77. The smallest absolute Gasteiger partial charge is 0.255 e. The first-order valence-electron chi connectivity index (χ1n) is 8.23. The predicted octanol–water partition coefficient (Wildman–Crippen LogP) is 6.42. The molecule has 0 aliphatic heterocycles. The second-order valence-corrected chi connectivity index (χ2v) is 8.25. The van der Waals surface area contributed by atoms with Crippen molar-refractivity contribution in [3.63, 3.8) is 0 Å². The van der Waals surface area contributed by atoms with Crippen LogP contribution in [0.2, 0.25) is 0 Å². The van der Waals surface area contributed by atoms with Crippen molar-refractivity contribution in [3.8, 4) is 11.5 Å². The lowest BCUT2D eigenvalue weighted by Crippen LogP contribution is -2.11. The summed E-state index contributed by atoms with van der Waals surface area (Å²) in [4.78, 5) is 17.0. The maximum Gasteiger partial charge on any atom is 0.255 e. The molecule has 0 radical (unpaired) electrons. The van der Waals surface area contributed by atoms with Gasteiger partial charge in [-0.05, 0) is 94.0 Å².